The third-order valence-corrected chi connectivity index (χ3v) is 3.75. The lowest BCUT2D eigenvalue weighted by Crippen LogP contribution is -2.36. The average Bonchev–Trinajstić information content (AvgIpc) is 2.61. The van der Waals surface area contributed by atoms with Gasteiger partial charge in [0, 0.05) is 31.4 Å². The largest absolute Gasteiger partial charge is 0.378 e. The third-order valence-electron chi connectivity index (χ3n) is 3.75. The summed E-state index contributed by atoms with van der Waals surface area (Å²) in [5.74, 6) is -0.301. The molecule has 2 aromatic rings. The van der Waals surface area contributed by atoms with Crippen LogP contribution >= 0.6 is 0 Å². The molecule has 1 fully saturated rings. The predicted molar refractivity (Wildman–Crippen MR) is 89.8 cm³/mol. The molecule has 6 nitrogen and oxygen atoms in total. The van der Waals surface area contributed by atoms with Gasteiger partial charge in [0.05, 0.1) is 29.5 Å². The second-order valence-electron chi connectivity index (χ2n) is 5.34. The highest BCUT2D eigenvalue weighted by atomic mass is 19.1. The van der Waals surface area contributed by atoms with E-state index >= 15 is 0 Å². The first-order valence-corrected chi connectivity index (χ1v) is 7.54. The third kappa shape index (κ3) is 3.75. The van der Waals surface area contributed by atoms with E-state index in [9.17, 15) is 14.5 Å². The van der Waals surface area contributed by atoms with Crippen LogP contribution in [0, 0.1) is 15.9 Å². The Balaban J connectivity index is 1.73. The second-order valence-corrected chi connectivity index (χ2v) is 5.34. The van der Waals surface area contributed by atoms with Crippen LogP contribution in [0.3, 0.4) is 0 Å². The van der Waals surface area contributed by atoms with E-state index in [1.807, 2.05) is 4.90 Å². The molecule has 2 aromatic carbocycles. The normalized spacial score (nSPS) is 15.0. The molecule has 124 valence electrons. The second kappa shape index (κ2) is 7.18. The first-order chi connectivity index (χ1) is 11.6. The smallest absolute Gasteiger partial charge is 0.269 e. The van der Waals surface area contributed by atoms with Crippen molar-refractivity contribution in [3.8, 4) is 0 Å². The lowest BCUT2D eigenvalue weighted by atomic mass is 10.2. The van der Waals surface area contributed by atoms with Gasteiger partial charge in [0.25, 0.3) is 5.69 Å². The van der Waals surface area contributed by atoms with E-state index in [0.29, 0.717) is 43.2 Å². The van der Waals surface area contributed by atoms with Crippen molar-refractivity contribution in [2.24, 2.45) is 4.99 Å². The summed E-state index contributed by atoms with van der Waals surface area (Å²) in [7, 11) is 0. The Bertz CT molecular complexity index is 756. The van der Waals surface area contributed by atoms with E-state index in [-0.39, 0.29) is 11.5 Å². The number of nitro benzene ring substituents is 1. The fourth-order valence-corrected chi connectivity index (χ4v) is 2.47. The number of halogens is 1. The Morgan fingerprint density at radius 3 is 2.50 bits per heavy atom. The molecule has 1 aliphatic rings. The van der Waals surface area contributed by atoms with Crippen LogP contribution in [0.2, 0.25) is 0 Å². The zero-order valence-corrected chi connectivity index (χ0v) is 12.9. The Kier molecular flexibility index (Phi) is 4.81. The van der Waals surface area contributed by atoms with Crippen molar-refractivity contribution >= 4 is 23.3 Å². The number of hydrogen-bond donors (Lipinski definition) is 0. The number of rotatable bonds is 4. The molecule has 0 unspecified atom stereocenters. The molecule has 0 saturated carbocycles. The summed E-state index contributed by atoms with van der Waals surface area (Å²) < 4.78 is 19.6. The summed E-state index contributed by atoms with van der Waals surface area (Å²) >= 11 is 0. The van der Waals surface area contributed by atoms with E-state index in [1.54, 1.807) is 24.3 Å². The maximum Gasteiger partial charge on any atom is 0.269 e. The monoisotopic (exact) mass is 329 g/mol. The minimum Gasteiger partial charge on any atom is -0.378 e. The molecule has 0 amide bonds. The molecule has 0 aliphatic carbocycles. The maximum absolute atomic E-state index is 14.3. The molecule has 0 spiro atoms. The molecule has 7 heteroatoms. The summed E-state index contributed by atoms with van der Waals surface area (Å²) in [5, 5.41) is 10.6. The van der Waals surface area contributed by atoms with Crippen LogP contribution in [0.4, 0.5) is 21.5 Å². The van der Waals surface area contributed by atoms with Crippen LogP contribution < -0.4 is 4.90 Å². The van der Waals surface area contributed by atoms with Crippen molar-refractivity contribution in [2.45, 2.75) is 0 Å². The summed E-state index contributed by atoms with van der Waals surface area (Å²) in [5.41, 5.74) is 1.77. The van der Waals surface area contributed by atoms with Crippen molar-refractivity contribution in [3.05, 3.63) is 64.0 Å². The molecule has 24 heavy (non-hydrogen) atoms. The van der Waals surface area contributed by atoms with Gasteiger partial charge in [-0.25, -0.2) is 4.39 Å². The molecule has 1 heterocycles. The fraction of sp³-hybridized carbons (Fsp3) is 0.235. The Labute approximate surface area is 138 Å². The molecule has 1 aliphatic heterocycles. The van der Waals surface area contributed by atoms with Crippen molar-refractivity contribution in [2.75, 3.05) is 31.2 Å². The van der Waals surface area contributed by atoms with Gasteiger partial charge in [0.15, 0.2) is 0 Å². The van der Waals surface area contributed by atoms with E-state index in [0.717, 1.165) is 0 Å². The van der Waals surface area contributed by atoms with Gasteiger partial charge in [-0.15, -0.1) is 0 Å². The average molecular weight is 329 g/mol. The summed E-state index contributed by atoms with van der Waals surface area (Å²) in [6.07, 6.45) is 1.54. The Morgan fingerprint density at radius 2 is 1.88 bits per heavy atom. The van der Waals surface area contributed by atoms with Crippen LogP contribution in [-0.4, -0.2) is 37.4 Å². The number of morpholine rings is 1. The number of benzene rings is 2. The van der Waals surface area contributed by atoms with Crippen LogP contribution in [0.25, 0.3) is 0 Å². The van der Waals surface area contributed by atoms with Gasteiger partial charge in [-0.2, -0.15) is 0 Å². The van der Waals surface area contributed by atoms with Gasteiger partial charge >= 0.3 is 0 Å². The van der Waals surface area contributed by atoms with Crippen LogP contribution in [0.1, 0.15) is 5.56 Å². The number of nitrogens with zero attached hydrogens (tertiary/aromatic N) is 3. The van der Waals surface area contributed by atoms with E-state index in [1.165, 1.54) is 24.4 Å². The fourth-order valence-electron chi connectivity index (χ4n) is 2.47. The molecular formula is C17H16FN3O3. The molecule has 0 atom stereocenters. The Morgan fingerprint density at radius 1 is 1.17 bits per heavy atom. The number of ether oxygens (including phenoxy) is 1. The predicted octanol–water partition coefficient (Wildman–Crippen LogP) is 3.32. The molecule has 0 N–H and O–H groups in total. The molecule has 0 aromatic heterocycles. The van der Waals surface area contributed by atoms with Crippen LogP contribution in [0.5, 0.6) is 0 Å². The van der Waals surface area contributed by atoms with Crippen LogP contribution in [-0.2, 0) is 4.74 Å². The van der Waals surface area contributed by atoms with Crippen molar-refractivity contribution in [3.63, 3.8) is 0 Å². The lowest BCUT2D eigenvalue weighted by molar-refractivity contribution is -0.384. The number of non-ortho nitro benzene ring substituents is 1. The number of nitro groups is 1. The summed E-state index contributed by atoms with van der Waals surface area (Å²) in [6, 6.07) is 10.8. The topological polar surface area (TPSA) is 68.0 Å². The number of anilines is 1. The summed E-state index contributed by atoms with van der Waals surface area (Å²) in [6.45, 7) is 2.55. The highest BCUT2D eigenvalue weighted by molar-refractivity contribution is 5.82. The summed E-state index contributed by atoms with van der Waals surface area (Å²) in [4.78, 5) is 16.3. The van der Waals surface area contributed by atoms with Gasteiger partial charge in [-0.05, 0) is 29.8 Å². The zero-order chi connectivity index (χ0) is 16.9. The van der Waals surface area contributed by atoms with Gasteiger partial charge in [0.1, 0.15) is 5.82 Å². The van der Waals surface area contributed by atoms with E-state index < -0.39 is 4.92 Å². The van der Waals surface area contributed by atoms with Crippen molar-refractivity contribution in [1.29, 1.82) is 0 Å². The van der Waals surface area contributed by atoms with Gasteiger partial charge in [0.2, 0.25) is 0 Å². The Hall–Kier alpha value is -2.80. The molecule has 3 rings (SSSR count). The lowest BCUT2D eigenvalue weighted by Gasteiger charge is -2.29. The van der Waals surface area contributed by atoms with Crippen molar-refractivity contribution in [1.82, 2.24) is 0 Å². The maximum atomic E-state index is 14.3. The van der Waals surface area contributed by atoms with Gasteiger partial charge < -0.3 is 9.64 Å². The molecule has 0 bridgehead atoms. The first-order valence-electron chi connectivity index (χ1n) is 7.54. The van der Waals surface area contributed by atoms with Gasteiger partial charge in [-0.3, -0.25) is 15.1 Å². The van der Waals surface area contributed by atoms with E-state index in [4.69, 9.17) is 4.74 Å². The quantitative estimate of drug-likeness (QED) is 0.490. The molecular weight excluding hydrogens is 313 g/mol. The molecule has 0 radical (unpaired) electrons. The minimum atomic E-state index is -0.465. The highest BCUT2D eigenvalue weighted by Crippen LogP contribution is 2.22. The standard InChI is InChI=1S/C17H16FN3O3/c18-16-11-13(1-6-17(16)20-7-9-24-10-8-20)12-19-14-2-4-15(5-3-14)21(22)23/h1-6,11-12H,7-10H2. The minimum absolute atomic E-state index is 0.00913. The van der Waals surface area contributed by atoms with Gasteiger partial charge in [-0.1, -0.05) is 6.07 Å². The number of hydrogen-bond acceptors (Lipinski definition) is 5. The zero-order valence-electron chi connectivity index (χ0n) is 12.9. The SMILES string of the molecule is O=[N+]([O-])c1ccc(N=Cc2ccc(N3CCOCC3)c(F)c2)cc1. The first kappa shape index (κ1) is 16.1. The number of aliphatic imine (C=N–C) groups is 1. The van der Waals surface area contributed by atoms with E-state index in [2.05, 4.69) is 4.99 Å². The van der Waals surface area contributed by atoms with Crippen LogP contribution in [0.15, 0.2) is 47.5 Å². The van der Waals surface area contributed by atoms with Crippen molar-refractivity contribution < 1.29 is 14.1 Å². The molecule has 1 saturated heterocycles. The highest BCUT2D eigenvalue weighted by Gasteiger charge is 2.14.